The number of piperidine rings is 1. The molecule has 1 aliphatic rings. The van der Waals surface area contributed by atoms with Crippen LogP contribution in [0.3, 0.4) is 0 Å². The van der Waals surface area contributed by atoms with Crippen molar-refractivity contribution in [2.45, 2.75) is 58.6 Å². The van der Waals surface area contributed by atoms with Crippen LogP contribution in [-0.2, 0) is 9.53 Å². The maximum absolute atomic E-state index is 10.6. The monoisotopic (exact) mass is 271 g/mol. The molecule has 4 nitrogen and oxygen atoms in total. The Bertz CT molecular complexity index is 274. The zero-order valence-corrected chi connectivity index (χ0v) is 12.9. The summed E-state index contributed by atoms with van der Waals surface area (Å²) in [6, 6.07) is 0.385. The summed E-state index contributed by atoms with van der Waals surface area (Å²) < 4.78 is 4.94. The molecule has 0 spiro atoms. The van der Waals surface area contributed by atoms with E-state index in [2.05, 4.69) is 24.4 Å². The summed E-state index contributed by atoms with van der Waals surface area (Å²) in [5, 5.41) is 12.0. The molecule has 2 atom stereocenters. The van der Waals surface area contributed by atoms with Crippen molar-refractivity contribution in [3.8, 4) is 0 Å². The molecule has 1 aliphatic heterocycles. The van der Waals surface area contributed by atoms with E-state index in [1.807, 2.05) is 20.8 Å². The number of hydrogen-bond donors (Lipinski definition) is 2. The molecule has 2 unspecified atom stereocenters. The van der Waals surface area contributed by atoms with Gasteiger partial charge in [-0.15, -0.1) is 0 Å². The van der Waals surface area contributed by atoms with Gasteiger partial charge in [-0.25, -0.2) is 0 Å². The third-order valence-corrected chi connectivity index (χ3v) is 3.02. The molecule has 0 aromatic rings. The smallest absolute Gasteiger partial charge is 0.307 e. The number of carboxylic acid groups (broad SMARTS) is 1. The zero-order chi connectivity index (χ0) is 14.9. The van der Waals surface area contributed by atoms with Gasteiger partial charge in [-0.2, -0.15) is 0 Å². The molecule has 19 heavy (non-hydrogen) atoms. The minimum atomic E-state index is -0.676. The van der Waals surface area contributed by atoms with Crippen LogP contribution in [0.2, 0.25) is 0 Å². The van der Waals surface area contributed by atoms with E-state index in [9.17, 15) is 4.79 Å². The number of carboxylic acids is 1. The number of ether oxygens (including phenoxy) is 1. The second-order valence-electron chi connectivity index (χ2n) is 5.78. The van der Waals surface area contributed by atoms with Crippen molar-refractivity contribution in [3.63, 3.8) is 0 Å². The van der Waals surface area contributed by atoms with Crippen LogP contribution in [0.5, 0.6) is 0 Å². The quantitative estimate of drug-likeness (QED) is 0.775. The molecular formula is C15H29NO3. The molecule has 2 N–H and O–H groups in total. The van der Waals surface area contributed by atoms with E-state index in [-0.39, 0.29) is 11.5 Å². The molecule has 1 rings (SSSR count). The second kappa shape index (κ2) is 9.10. The molecule has 0 bridgehead atoms. The number of nitrogens with one attached hydrogen (secondary N) is 1. The highest BCUT2D eigenvalue weighted by Gasteiger charge is 2.23. The SMILES string of the molecule is CC/C=C/C1CCC(C(=O)O)CN1.COC(C)(C)C. The minimum absolute atomic E-state index is 0.0417. The first-order chi connectivity index (χ1) is 8.80. The Morgan fingerprint density at radius 2 is 2.00 bits per heavy atom. The van der Waals surface area contributed by atoms with Crippen molar-refractivity contribution in [1.29, 1.82) is 0 Å². The lowest BCUT2D eigenvalue weighted by atomic mass is 9.94. The van der Waals surface area contributed by atoms with Gasteiger partial charge in [0.2, 0.25) is 0 Å². The molecule has 0 radical (unpaired) electrons. The van der Waals surface area contributed by atoms with Gasteiger partial charge in [0.1, 0.15) is 0 Å². The van der Waals surface area contributed by atoms with Gasteiger partial charge in [-0.1, -0.05) is 19.1 Å². The first kappa shape index (κ1) is 18.1. The molecule has 0 aromatic carbocycles. The topological polar surface area (TPSA) is 58.6 Å². The fraction of sp³-hybridized carbons (Fsp3) is 0.800. The summed E-state index contributed by atoms with van der Waals surface area (Å²) in [6.07, 6.45) is 7.03. The molecule has 0 aromatic heterocycles. The Labute approximate surface area is 117 Å². The molecule has 0 saturated carbocycles. The van der Waals surface area contributed by atoms with E-state index in [1.54, 1.807) is 7.11 Å². The van der Waals surface area contributed by atoms with Crippen molar-refractivity contribution < 1.29 is 14.6 Å². The van der Waals surface area contributed by atoms with Crippen molar-refractivity contribution in [2.24, 2.45) is 5.92 Å². The lowest BCUT2D eigenvalue weighted by Gasteiger charge is -2.25. The van der Waals surface area contributed by atoms with Crippen LogP contribution in [0.4, 0.5) is 0 Å². The fourth-order valence-electron chi connectivity index (χ4n) is 1.55. The molecule has 0 aliphatic carbocycles. The average molecular weight is 271 g/mol. The summed E-state index contributed by atoms with van der Waals surface area (Å²) in [4.78, 5) is 10.6. The maximum atomic E-state index is 10.6. The first-order valence-electron chi connectivity index (χ1n) is 6.98. The van der Waals surface area contributed by atoms with Crippen molar-refractivity contribution >= 4 is 5.97 Å². The zero-order valence-electron chi connectivity index (χ0n) is 12.9. The number of carbonyl (C=O) groups is 1. The van der Waals surface area contributed by atoms with E-state index in [4.69, 9.17) is 9.84 Å². The molecule has 112 valence electrons. The third kappa shape index (κ3) is 9.68. The van der Waals surface area contributed by atoms with Crippen molar-refractivity contribution in [1.82, 2.24) is 5.32 Å². The molecule has 4 heteroatoms. The Morgan fingerprint density at radius 1 is 1.42 bits per heavy atom. The van der Waals surface area contributed by atoms with Gasteiger partial charge in [0.05, 0.1) is 11.5 Å². The summed E-state index contributed by atoms with van der Waals surface area (Å²) in [6.45, 7) is 8.76. The number of hydrogen-bond acceptors (Lipinski definition) is 3. The van der Waals surface area contributed by atoms with Gasteiger partial charge in [-0.3, -0.25) is 4.79 Å². The number of methoxy groups -OCH3 is 1. The summed E-state index contributed by atoms with van der Waals surface area (Å²) >= 11 is 0. The predicted molar refractivity (Wildman–Crippen MR) is 78.3 cm³/mol. The van der Waals surface area contributed by atoms with Crippen LogP contribution in [0, 0.1) is 5.92 Å². The molecular weight excluding hydrogens is 242 g/mol. The van der Waals surface area contributed by atoms with Crippen molar-refractivity contribution in [2.75, 3.05) is 13.7 Å². The Morgan fingerprint density at radius 3 is 2.32 bits per heavy atom. The van der Waals surface area contributed by atoms with Gasteiger partial charge in [0, 0.05) is 19.7 Å². The van der Waals surface area contributed by atoms with E-state index in [0.717, 1.165) is 19.3 Å². The third-order valence-electron chi connectivity index (χ3n) is 3.02. The standard InChI is InChI=1S/C10H17NO2.C5H12O/c1-2-3-4-9-6-5-8(7-11-9)10(12)13;1-5(2,3)6-4/h3-4,8-9,11H,2,5-7H2,1H3,(H,12,13);1-4H3/b4-3+;. The van der Waals surface area contributed by atoms with E-state index < -0.39 is 5.97 Å². The van der Waals surface area contributed by atoms with Crippen LogP contribution in [0.15, 0.2) is 12.2 Å². The van der Waals surface area contributed by atoms with E-state index in [0.29, 0.717) is 12.6 Å². The summed E-state index contributed by atoms with van der Waals surface area (Å²) in [7, 11) is 1.71. The van der Waals surface area contributed by atoms with Gasteiger partial charge < -0.3 is 15.2 Å². The number of rotatable bonds is 3. The fourth-order valence-corrected chi connectivity index (χ4v) is 1.55. The maximum Gasteiger partial charge on any atom is 0.307 e. The Hall–Kier alpha value is -0.870. The highest BCUT2D eigenvalue weighted by molar-refractivity contribution is 5.70. The van der Waals surface area contributed by atoms with Gasteiger partial charge in [0.25, 0.3) is 0 Å². The molecule has 1 saturated heterocycles. The highest BCUT2D eigenvalue weighted by atomic mass is 16.5. The molecule has 1 heterocycles. The van der Waals surface area contributed by atoms with Gasteiger partial charge >= 0.3 is 5.97 Å². The number of aliphatic carboxylic acids is 1. The van der Waals surface area contributed by atoms with E-state index in [1.165, 1.54) is 0 Å². The lowest BCUT2D eigenvalue weighted by molar-refractivity contribution is -0.142. The van der Waals surface area contributed by atoms with Crippen molar-refractivity contribution in [3.05, 3.63) is 12.2 Å². The molecule has 1 fully saturated rings. The van der Waals surface area contributed by atoms with Crippen LogP contribution in [0.25, 0.3) is 0 Å². The van der Waals surface area contributed by atoms with Gasteiger partial charge in [-0.05, 0) is 40.0 Å². The normalized spacial score (nSPS) is 23.8. The summed E-state index contributed by atoms with van der Waals surface area (Å²) in [5.74, 6) is -0.864. The minimum Gasteiger partial charge on any atom is -0.481 e. The Kier molecular flexibility index (Phi) is 8.68. The highest BCUT2D eigenvalue weighted by Crippen LogP contribution is 2.15. The summed E-state index contributed by atoms with van der Waals surface area (Å²) in [5.41, 5.74) is 0.0417. The van der Waals surface area contributed by atoms with Gasteiger partial charge in [0.15, 0.2) is 0 Å². The second-order valence-corrected chi connectivity index (χ2v) is 5.78. The van der Waals surface area contributed by atoms with Crippen LogP contribution in [-0.4, -0.2) is 36.4 Å². The average Bonchev–Trinajstić information content (AvgIpc) is 2.36. The van der Waals surface area contributed by atoms with E-state index >= 15 is 0 Å². The number of allylic oxidation sites excluding steroid dienone is 1. The first-order valence-corrected chi connectivity index (χ1v) is 6.98. The lowest BCUT2D eigenvalue weighted by Crippen LogP contribution is -2.40. The van der Waals surface area contributed by atoms with Crippen LogP contribution < -0.4 is 5.32 Å². The predicted octanol–water partition coefficient (Wildman–Crippen LogP) is 2.84. The van der Waals surface area contributed by atoms with Crippen LogP contribution >= 0.6 is 0 Å². The largest absolute Gasteiger partial charge is 0.481 e. The molecule has 0 amide bonds. The van der Waals surface area contributed by atoms with Crippen LogP contribution in [0.1, 0.15) is 47.0 Å². The Balaban J connectivity index is 0.000000459.